The van der Waals surface area contributed by atoms with Crippen LogP contribution in [0.5, 0.6) is 0 Å². The molecule has 0 radical (unpaired) electrons. The van der Waals surface area contributed by atoms with E-state index in [1.54, 1.807) is 0 Å². The minimum atomic E-state index is -0.244. The summed E-state index contributed by atoms with van der Waals surface area (Å²) in [6.45, 7) is 1.42. The highest BCUT2D eigenvalue weighted by Gasteiger charge is 2.29. The predicted molar refractivity (Wildman–Crippen MR) is 98.3 cm³/mol. The Morgan fingerprint density at radius 2 is 2.04 bits per heavy atom. The van der Waals surface area contributed by atoms with Crippen molar-refractivity contribution >= 4 is 17.5 Å². The zero-order valence-corrected chi connectivity index (χ0v) is 14.8. The summed E-state index contributed by atoms with van der Waals surface area (Å²) in [4.78, 5) is 29.8. The zero-order chi connectivity index (χ0) is 17.4. The van der Waals surface area contributed by atoms with Gasteiger partial charge in [0, 0.05) is 23.8 Å². The second-order valence-electron chi connectivity index (χ2n) is 7.11. The van der Waals surface area contributed by atoms with Gasteiger partial charge >= 0.3 is 0 Å². The molecule has 2 heterocycles. The Morgan fingerprint density at radius 1 is 1.24 bits per heavy atom. The number of hydrogen-bond donors (Lipinski definition) is 1. The second-order valence-corrected chi connectivity index (χ2v) is 7.54. The molecule has 1 aliphatic carbocycles. The van der Waals surface area contributed by atoms with Gasteiger partial charge in [0.1, 0.15) is 5.56 Å². The SMILES string of the molecule is O=C(c1cc2c([nH]c1=O)CCC2)N1CCC(Cc2ccc(Cl)cc2)C1. The van der Waals surface area contributed by atoms with Crippen LogP contribution in [-0.4, -0.2) is 28.9 Å². The first kappa shape index (κ1) is 16.4. The number of aromatic amines is 1. The molecule has 130 valence electrons. The van der Waals surface area contributed by atoms with Crippen molar-refractivity contribution in [2.24, 2.45) is 5.92 Å². The number of halogens is 1. The molecule has 4 nitrogen and oxygen atoms in total. The molecular formula is C20H21ClN2O2. The summed E-state index contributed by atoms with van der Waals surface area (Å²) in [5, 5.41) is 0.739. The van der Waals surface area contributed by atoms with Crippen LogP contribution in [0.25, 0.3) is 0 Å². The number of amides is 1. The van der Waals surface area contributed by atoms with Gasteiger partial charge in [0.2, 0.25) is 0 Å². The van der Waals surface area contributed by atoms with Crippen molar-refractivity contribution in [1.29, 1.82) is 0 Å². The molecular weight excluding hydrogens is 336 g/mol. The van der Waals surface area contributed by atoms with Gasteiger partial charge in [-0.3, -0.25) is 9.59 Å². The van der Waals surface area contributed by atoms with Crippen LogP contribution >= 0.6 is 11.6 Å². The van der Waals surface area contributed by atoms with E-state index in [2.05, 4.69) is 4.98 Å². The molecule has 1 saturated heterocycles. The summed E-state index contributed by atoms with van der Waals surface area (Å²) in [5.74, 6) is 0.299. The molecule has 0 spiro atoms. The normalized spacial score (nSPS) is 19.2. The maximum Gasteiger partial charge on any atom is 0.261 e. The van der Waals surface area contributed by atoms with Crippen molar-refractivity contribution in [2.45, 2.75) is 32.1 Å². The fourth-order valence-corrected chi connectivity index (χ4v) is 4.11. The van der Waals surface area contributed by atoms with Gasteiger partial charge in [-0.2, -0.15) is 0 Å². The number of rotatable bonds is 3. The van der Waals surface area contributed by atoms with Crippen molar-refractivity contribution in [3.05, 3.63) is 68.1 Å². The van der Waals surface area contributed by atoms with Crippen LogP contribution in [0, 0.1) is 5.92 Å². The van der Waals surface area contributed by atoms with E-state index < -0.39 is 0 Å². The van der Waals surface area contributed by atoms with Gasteiger partial charge in [-0.1, -0.05) is 23.7 Å². The third-order valence-corrected chi connectivity index (χ3v) is 5.58. The molecule has 5 heteroatoms. The first-order valence-electron chi connectivity index (χ1n) is 8.89. The highest BCUT2D eigenvalue weighted by atomic mass is 35.5. The molecule has 1 amide bonds. The average molecular weight is 357 g/mol. The molecule has 0 saturated carbocycles. The first-order valence-corrected chi connectivity index (χ1v) is 9.27. The predicted octanol–water partition coefficient (Wildman–Crippen LogP) is 3.22. The van der Waals surface area contributed by atoms with Crippen LogP contribution in [0.1, 0.15) is 40.0 Å². The van der Waals surface area contributed by atoms with Crippen LogP contribution in [0.3, 0.4) is 0 Å². The Labute approximate surface area is 151 Å². The highest BCUT2D eigenvalue weighted by Crippen LogP contribution is 2.24. The van der Waals surface area contributed by atoms with E-state index in [0.717, 1.165) is 48.4 Å². The van der Waals surface area contributed by atoms with E-state index in [0.29, 0.717) is 24.6 Å². The van der Waals surface area contributed by atoms with Crippen LogP contribution in [0.4, 0.5) is 0 Å². The number of nitrogens with zero attached hydrogens (tertiary/aromatic N) is 1. The number of carbonyl (C=O) groups excluding carboxylic acids is 1. The number of benzene rings is 1. The first-order chi connectivity index (χ1) is 12.1. The number of carbonyl (C=O) groups is 1. The zero-order valence-electron chi connectivity index (χ0n) is 14.1. The molecule has 1 fully saturated rings. The van der Waals surface area contributed by atoms with Gasteiger partial charge in [0.15, 0.2) is 0 Å². The number of likely N-dealkylation sites (tertiary alicyclic amines) is 1. The lowest BCUT2D eigenvalue weighted by Gasteiger charge is -2.17. The van der Waals surface area contributed by atoms with Crippen molar-refractivity contribution in [1.82, 2.24) is 9.88 Å². The molecule has 0 bridgehead atoms. The summed E-state index contributed by atoms with van der Waals surface area (Å²) in [7, 11) is 0. The van der Waals surface area contributed by atoms with Gasteiger partial charge < -0.3 is 9.88 Å². The molecule has 2 aliphatic rings. The van der Waals surface area contributed by atoms with E-state index in [4.69, 9.17) is 11.6 Å². The second kappa shape index (κ2) is 6.68. The van der Waals surface area contributed by atoms with Gasteiger partial charge in [0.05, 0.1) is 0 Å². The van der Waals surface area contributed by atoms with Crippen LogP contribution < -0.4 is 5.56 Å². The molecule has 1 aliphatic heterocycles. The topological polar surface area (TPSA) is 53.2 Å². The van der Waals surface area contributed by atoms with Gasteiger partial charge in [-0.25, -0.2) is 0 Å². The summed E-state index contributed by atoms with van der Waals surface area (Å²) in [6, 6.07) is 9.70. The molecule has 1 N–H and O–H groups in total. The van der Waals surface area contributed by atoms with Crippen LogP contribution in [0.2, 0.25) is 5.02 Å². The Bertz CT molecular complexity index is 857. The summed E-state index contributed by atoms with van der Waals surface area (Å²) in [6.07, 6.45) is 4.81. The summed E-state index contributed by atoms with van der Waals surface area (Å²) < 4.78 is 0. The van der Waals surface area contributed by atoms with E-state index in [-0.39, 0.29) is 11.5 Å². The minimum Gasteiger partial charge on any atom is -0.338 e. The standard InChI is InChI=1S/C20H21ClN2O2/c21-16-6-4-13(5-7-16)10-14-8-9-23(12-14)20(25)17-11-15-2-1-3-18(15)22-19(17)24/h4-7,11,14H,1-3,8-10,12H2,(H,22,24). The van der Waals surface area contributed by atoms with Crippen LogP contribution in [-0.2, 0) is 19.3 Å². The van der Waals surface area contributed by atoms with E-state index in [1.807, 2.05) is 35.2 Å². The molecule has 1 atom stereocenters. The highest BCUT2D eigenvalue weighted by molar-refractivity contribution is 6.30. The number of pyridine rings is 1. The molecule has 1 aromatic heterocycles. The van der Waals surface area contributed by atoms with Crippen molar-refractivity contribution < 1.29 is 4.79 Å². The van der Waals surface area contributed by atoms with Crippen molar-refractivity contribution in [3.63, 3.8) is 0 Å². The summed E-state index contributed by atoms with van der Waals surface area (Å²) in [5.41, 5.74) is 3.42. The molecule has 1 unspecified atom stereocenters. The van der Waals surface area contributed by atoms with Gasteiger partial charge in [-0.05, 0) is 67.3 Å². The van der Waals surface area contributed by atoms with Crippen molar-refractivity contribution in [2.75, 3.05) is 13.1 Å². The van der Waals surface area contributed by atoms with E-state index in [1.165, 1.54) is 5.56 Å². The number of aryl methyl sites for hydroxylation is 2. The third-order valence-electron chi connectivity index (χ3n) is 5.33. The lowest BCUT2D eigenvalue weighted by Crippen LogP contribution is -2.33. The molecule has 25 heavy (non-hydrogen) atoms. The monoisotopic (exact) mass is 356 g/mol. The lowest BCUT2D eigenvalue weighted by atomic mass is 9.99. The molecule has 1 aromatic carbocycles. The fourth-order valence-electron chi connectivity index (χ4n) is 3.98. The maximum absolute atomic E-state index is 12.8. The Hall–Kier alpha value is -2.07. The smallest absolute Gasteiger partial charge is 0.261 e. The quantitative estimate of drug-likeness (QED) is 0.918. The molecule has 4 rings (SSSR count). The lowest BCUT2D eigenvalue weighted by molar-refractivity contribution is 0.0785. The summed E-state index contributed by atoms with van der Waals surface area (Å²) >= 11 is 5.93. The average Bonchev–Trinajstić information content (AvgIpc) is 3.24. The minimum absolute atomic E-state index is 0.130. The Balaban J connectivity index is 1.45. The number of aromatic nitrogens is 1. The van der Waals surface area contributed by atoms with E-state index in [9.17, 15) is 9.59 Å². The van der Waals surface area contributed by atoms with Gasteiger partial charge in [0.25, 0.3) is 11.5 Å². The number of nitrogens with one attached hydrogen (secondary N) is 1. The van der Waals surface area contributed by atoms with Crippen LogP contribution in [0.15, 0.2) is 35.1 Å². The Morgan fingerprint density at radius 3 is 2.84 bits per heavy atom. The van der Waals surface area contributed by atoms with Gasteiger partial charge in [-0.15, -0.1) is 0 Å². The van der Waals surface area contributed by atoms with Crippen molar-refractivity contribution in [3.8, 4) is 0 Å². The molecule has 2 aromatic rings. The van der Waals surface area contributed by atoms with E-state index >= 15 is 0 Å². The number of H-pyrrole nitrogens is 1. The fraction of sp³-hybridized carbons (Fsp3) is 0.400. The Kier molecular flexibility index (Phi) is 4.38. The number of fused-ring (bicyclic) bond motifs is 1. The largest absolute Gasteiger partial charge is 0.338 e. The maximum atomic E-state index is 12.8. The number of hydrogen-bond acceptors (Lipinski definition) is 2. The third kappa shape index (κ3) is 3.36.